The van der Waals surface area contributed by atoms with Gasteiger partial charge in [-0.25, -0.2) is 0 Å². The van der Waals surface area contributed by atoms with E-state index in [4.69, 9.17) is 9.11 Å². The largest absolute Gasteiger partial charge is 0.385 e. The Balaban J connectivity index is 2.50. The van der Waals surface area contributed by atoms with Crippen molar-refractivity contribution in [3.05, 3.63) is 24.3 Å². The second kappa shape index (κ2) is 5.65. The Morgan fingerprint density at radius 2 is 1.56 bits per heavy atom. The van der Waals surface area contributed by atoms with Crippen molar-refractivity contribution in [2.45, 2.75) is 11.3 Å². The maximum atomic E-state index is 10.8. The van der Waals surface area contributed by atoms with Crippen molar-refractivity contribution >= 4 is 25.9 Å². The van der Waals surface area contributed by atoms with E-state index >= 15 is 0 Å². The van der Waals surface area contributed by atoms with Crippen LogP contribution in [-0.4, -0.2) is 38.2 Å². The predicted molar refractivity (Wildman–Crippen MR) is 65.8 cm³/mol. The molecule has 18 heavy (non-hydrogen) atoms. The molecule has 0 saturated carbocycles. The third-order valence-electron chi connectivity index (χ3n) is 2.06. The monoisotopic (exact) mass is 295 g/mol. The Kier molecular flexibility index (Phi) is 4.68. The smallest absolute Gasteiger partial charge is 0.294 e. The van der Waals surface area contributed by atoms with Gasteiger partial charge in [-0.2, -0.15) is 16.8 Å². The molecular formula is C9H13NO6S2. The average Bonchev–Trinajstić information content (AvgIpc) is 2.22. The van der Waals surface area contributed by atoms with Crippen LogP contribution in [0.4, 0.5) is 5.69 Å². The minimum Gasteiger partial charge on any atom is -0.385 e. The highest BCUT2D eigenvalue weighted by Crippen LogP contribution is 2.13. The maximum absolute atomic E-state index is 10.8. The van der Waals surface area contributed by atoms with Crippen molar-refractivity contribution in [3.8, 4) is 0 Å². The minimum absolute atomic E-state index is 0.217. The highest BCUT2D eigenvalue weighted by molar-refractivity contribution is 7.86. The van der Waals surface area contributed by atoms with Crippen LogP contribution in [0.5, 0.6) is 0 Å². The lowest BCUT2D eigenvalue weighted by molar-refractivity contribution is 0.480. The molecule has 3 N–H and O–H groups in total. The second-order valence-corrected chi connectivity index (χ2v) is 6.56. The molecule has 102 valence electrons. The summed E-state index contributed by atoms with van der Waals surface area (Å²) in [4.78, 5) is -0.217. The molecule has 1 rings (SSSR count). The van der Waals surface area contributed by atoms with E-state index in [1.54, 1.807) is 0 Å². The van der Waals surface area contributed by atoms with Crippen LogP contribution in [0, 0.1) is 0 Å². The highest BCUT2D eigenvalue weighted by atomic mass is 32.2. The third kappa shape index (κ3) is 5.45. The SMILES string of the molecule is O=S(=O)(O)CCCNc1ccc(S(=O)(=O)O)cc1. The standard InChI is InChI=1S/C9H13NO6S2/c11-17(12,13)7-1-6-10-8-2-4-9(5-3-8)18(14,15)16/h2-5,10H,1,6-7H2,(H,11,12,13)(H,14,15,16). The topological polar surface area (TPSA) is 121 Å². The Bertz CT molecular complexity index is 590. The van der Waals surface area contributed by atoms with E-state index in [2.05, 4.69) is 5.32 Å². The van der Waals surface area contributed by atoms with Gasteiger partial charge in [-0.15, -0.1) is 0 Å². The summed E-state index contributed by atoms with van der Waals surface area (Å²) in [5.41, 5.74) is 0.581. The van der Waals surface area contributed by atoms with Crippen LogP contribution in [0.3, 0.4) is 0 Å². The van der Waals surface area contributed by atoms with Crippen LogP contribution < -0.4 is 5.32 Å². The van der Waals surface area contributed by atoms with Crippen molar-refractivity contribution in [1.82, 2.24) is 0 Å². The van der Waals surface area contributed by atoms with E-state index in [9.17, 15) is 16.8 Å². The van der Waals surface area contributed by atoms with Gasteiger partial charge in [0.25, 0.3) is 20.2 Å². The third-order valence-corrected chi connectivity index (χ3v) is 3.73. The summed E-state index contributed by atoms with van der Waals surface area (Å²) in [7, 11) is -8.16. The van der Waals surface area contributed by atoms with Crippen LogP contribution in [0.25, 0.3) is 0 Å². The first-order valence-corrected chi connectivity index (χ1v) is 8.00. The first-order valence-electron chi connectivity index (χ1n) is 4.95. The first kappa shape index (κ1) is 14.9. The molecular weight excluding hydrogens is 282 g/mol. The summed E-state index contributed by atoms with van der Waals surface area (Å²) in [6.07, 6.45) is 0.221. The van der Waals surface area contributed by atoms with Crippen molar-refractivity contribution in [2.75, 3.05) is 17.6 Å². The summed E-state index contributed by atoms with van der Waals surface area (Å²) in [5, 5.41) is 2.84. The molecule has 0 aromatic heterocycles. The van der Waals surface area contributed by atoms with Crippen LogP contribution in [0.2, 0.25) is 0 Å². The Morgan fingerprint density at radius 1 is 1.00 bits per heavy atom. The first-order chi connectivity index (χ1) is 8.18. The quantitative estimate of drug-likeness (QED) is 0.519. The molecule has 0 bridgehead atoms. The molecule has 1 aromatic carbocycles. The Labute approximate surface area is 105 Å². The average molecular weight is 295 g/mol. The van der Waals surface area contributed by atoms with Crippen LogP contribution in [0.1, 0.15) is 6.42 Å². The van der Waals surface area contributed by atoms with Gasteiger partial charge in [0.1, 0.15) is 0 Å². The van der Waals surface area contributed by atoms with Gasteiger partial charge in [0, 0.05) is 12.2 Å². The van der Waals surface area contributed by atoms with E-state index in [1.165, 1.54) is 24.3 Å². The van der Waals surface area contributed by atoms with E-state index < -0.39 is 20.2 Å². The molecule has 9 heteroatoms. The fraction of sp³-hybridized carbons (Fsp3) is 0.333. The zero-order valence-electron chi connectivity index (χ0n) is 9.27. The molecule has 0 heterocycles. The van der Waals surface area contributed by atoms with Gasteiger partial charge in [0.05, 0.1) is 10.6 Å². The summed E-state index contributed by atoms with van der Waals surface area (Å²) in [5.74, 6) is -0.344. The van der Waals surface area contributed by atoms with E-state index in [0.717, 1.165) is 0 Å². The Morgan fingerprint density at radius 3 is 2.00 bits per heavy atom. The van der Waals surface area contributed by atoms with Gasteiger partial charge < -0.3 is 5.32 Å². The van der Waals surface area contributed by atoms with Crippen molar-refractivity contribution in [3.63, 3.8) is 0 Å². The maximum Gasteiger partial charge on any atom is 0.294 e. The number of benzene rings is 1. The number of hydrogen-bond acceptors (Lipinski definition) is 5. The molecule has 0 fully saturated rings. The lowest BCUT2D eigenvalue weighted by Gasteiger charge is -2.06. The van der Waals surface area contributed by atoms with Gasteiger partial charge in [-0.3, -0.25) is 9.11 Å². The van der Waals surface area contributed by atoms with Gasteiger partial charge >= 0.3 is 0 Å². The molecule has 1 aromatic rings. The fourth-order valence-corrected chi connectivity index (χ4v) is 2.22. The van der Waals surface area contributed by atoms with Crippen molar-refractivity contribution in [2.24, 2.45) is 0 Å². The number of nitrogens with one attached hydrogen (secondary N) is 1. The molecule has 0 atom stereocenters. The molecule has 0 spiro atoms. The number of hydrogen-bond donors (Lipinski definition) is 3. The zero-order valence-corrected chi connectivity index (χ0v) is 10.9. The molecule has 0 radical (unpaired) electrons. The Hall–Kier alpha value is -1.16. The van der Waals surface area contributed by atoms with Gasteiger partial charge in [0.15, 0.2) is 0 Å². The lowest BCUT2D eigenvalue weighted by atomic mass is 10.3. The number of anilines is 1. The summed E-state index contributed by atoms with van der Waals surface area (Å²) >= 11 is 0. The molecule has 0 aliphatic heterocycles. The molecule has 0 saturated heterocycles. The van der Waals surface area contributed by atoms with E-state index in [1.807, 2.05) is 0 Å². The van der Waals surface area contributed by atoms with E-state index in [0.29, 0.717) is 12.2 Å². The molecule has 0 aliphatic rings. The van der Waals surface area contributed by atoms with Crippen LogP contribution in [0.15, 0.2) is 29.2 Å². The van der Waals surface area contributed by atoms with Crippen LogP contribution in [-0.2, 0) is 20.2 Å². The van der Waals surface area contributed by atoms with E-state index in [-0.39, 0.29) is 17.1 Å². The molecule has 0 aliphatic carbocycles. The second-order valence-electron chi connectivity index (χ2n) is 3.57. The summed E-state index contributed by atoms with van der Waals surface area (Å²) < 4.78 is 59.6. The lowest BCUT2D eigenvalue weighted by Crippen LogP contribution is -2.10. The summed E-state index contributed by atoms with van der Waals surface area (Å²) in [6, 6.07) is 5.33. The van der Waals surface area contributed by atoms with Gasteiger partial charge in [-0.05, 0) is 30.7 Å². The predicted octanol–water partition coefficient (Wildman–Crippen LogP) is 0.623. The molecule has 0 amide bonds. The van der Waals surface area contributed by atoms with Crippen LogP contribution >= 0.6 is 0 Å². The highest BCUT2D eigenvalue weighted by Gasteiger charge is 2.08. The van der Waals surface area contributed by atoms with Crippen molar-refractivity contribution < 1.29 is 25.9 Å². The minimum atomic E-state index is -4.20. The summed E-state index contributed by atoms with van der Waals surface area (Å²) in [6.45, 7) is 0.311. The number of rotatable bonds is 6. The molecule has 0 unspecified atom stereocenters. The zero-order chi connectivity index (χ0) is 13.8. The fourth-order valence-electron chi connectivity index (χ4n) is 1.23. The van der Waals surface area contributed by atoms with Crippen molar-refractivity contribution in [1.29, 1.82) is 0 Å². The molecule has 7 nitrogen and oxygen atoms in total. The van der Waals surface area contributed by atoms with Gasteiger partial charge in [-0.1, -0.05) is 0 Å². The van der Waals surface area contributed by atoms with Gasteiger partial charge in [0.2, 0.25) is 0 Å². The normalized spacial score (nSPS) is 12.3.